The number of anilines is 1. The van der Waals surface area contributed by atoms with Crippen LogP contribution in [0.25, 0.3) is 0 Å². The first-order valence-electron chi connectivity index (χ1n) is 13.4. The summed E-state index contributed by atoms with van der Waals surface area (Å²) in [6.45, 7) is 7.31. The van der Waals surface area contributed by atoms with Gasteiger partial charge in [0.15, 0.2) is 5.78 Å². The fraction of sp³-hybridized carbons (Fsp3) is 0.206. The molecule has 0 spiro atoms. The summed E-state index contributed by atoms with van der Waals surface area (Å²) in [5.74, 6) is -1.11. The molecule has 6 heteroatoms. The van der Waals surface area contributed by atoms with Gasteiger partial charge in [0.25, 0.3) is 5.91 Å². The fourth-order valence-electron chi connectivity index (χ4n) is 4.58. The molecule has 1 amide bonds. The van der Waals surface area contributed by atoms with E-state index in [2.05, 4.69) is 48.3 Å². The number of benzene rings is 4. The molecule has 6 nitrogen and oxygen atoms in total. The number of ether oxygens (including phenoxy) is 1. The summed E-state index contributed by atoms with van der Waals surface area (Å²) < 4.78 is 4.74. The van der Waals surface area contributed by atoms with Gasteiger partial charge in [-0.15, -0.1) is 0 Å². The summed E-state index contributed by atoms with van der Waals surface area (Å²) in [5.41, 5.74) is 5.81. The Balaban J connectivity index is 1.43. The predicted octanol–water partition coefficient (Wildman–Crippen LogP) is 6.39. The van der Waals surface area contributed by atoms with Crippen molar-refractivity contribution in [2.45, 2.75) is 26.8 Å². The van der Waals surface area contributed by atoms with Crippen LogP contribution in [-0.2, 0) is 17.7 Å². The highest BCUT2D eigenvalue weighted by Gasteiger charge is 2.15. The van der Waals surface area contributed by atoms with Crippen molar-refractivity contribution >= 4 is 23.3 Å². The molecule has 0 aliphatic carbocycles. The molecule has 4 aromatic carbocycles. The van der Waals surface area contributed by atoms with Gasteiger partial charge < -0.3 is 10.1 Å². The molecule has 0 radical (unpaired) electrons. The highest BCUT2D eigenvalue weighted by atomic mass is 16.5. The summed E-state index contributed by atoms with van der Waals surface area (Å²) >= 11 is 0. The van der Waals surface area contributed by atoms with Crippen LogP contribution in [0.3, 0.4) is 0 Å². The first-order chi connectivity index (χ1) is 19.4. The van der Waals surface area contributed by atoms with Crippen molar-refractivity contribution < 1.29 is 19.1 Å². The number of nitrogens with zero attached hydrogens (tertiary/aromatic N) is 1. The minimum absolute atomic E-state index is 0.286. The number of nitrogens with one attached hydrogen (secondary N) is 1. The number of hydrogen-bond donors (Lipinski definition) is 1. The maximum atomic E-state index is 13.1. The normalized spacial score (nSPS) is 10.8. The highest BCUT2D eigenvalue weighted by Crippen LogP contribution is 2.20. The van der Waals surface area contributed by atoms with Crippen LogP contribution in [0, 0.1) is 0 Å². The third kappa shape index (κ3) is 7.10. The fourth-order valence-corrected chi connectivity index (χ4v) is 4.58. The molecular formula is C34H34N2O4. The summed E-state index contributed by atoms with van der Waals surface area (Å²) in [4.78, 5) is 40.3. The first kappa shape index (κ1) is 28.5. The van der Waals surface area contributed by atoms with Gasteiger partial charge in [0.05, 0.1) is 12.7 Å². The minimum Gasteiger partial charge on any atom is -0.465 e. The van der Waals surface area contributed by atoms with E-state index in [0.29, 0.717) is 22.4 Å². The van der Waals surface area contributed by atoms with Crippen LogP contribution in [0.4, 0.5) is 5.69 Å². The van der Waals surface area contributed by atoms with Gasteiger partial charge in [0, 0.05) is 28.9 Å². The largest absolute Gasteiger partial charge is 0.465 e. The maximum Gasteiger partial charge on any atom is 0.337 e. The number of ketones is 1. The second-order valence-electron chi connectivity index (χ2n) is 9.54. The number of methoxy groups -OCH3 is 1. The van der Waals surface area contributed by atoms with E-state index in [9.17, 15) is 14.4 Å². The van der Waals surface area contributed by atoms with Crippen molar-refractivity contribution in [2.24, 2.45) is 0 Å². The van der Waals surface area contributed by atoms with Gasteiger partial charge in [-0.3, -0.25) is 14.5 Å². The van der Waals surface area contributed by atoms with Gasteiger partial charge >= 0.3 is 5.97 Å². The molecule has 0 saturated heterocycles. The Kier molecular flexibility index (Phi) is 9.60. The molecule has 40 heavy (non-hydrogen) atoms. The van der Waals surface area contributed by atoms with Crippen molar-refractivity contribution in [3.05, 3.63) is 136 Å². The van der Waals surface area contributed by atoms with Crippen LogP contribution in [-0.4, -0.2) is 42.8 Å². The van der Waals surface area contributed by atoms with Gasteiger partial charge in [-0.25, -0.2) is 4.79 Å². The lowest BCUT2D eigenvalue weighted by Crippen LogP contribution is -2.22. The Morgan fingerprint density at radius 1 is 0.700 bits per heavy atom. The first-order valence-corrected chi connectivity index (χ1v) is 13.4. The zero-order valence-corrected chi connectivity index (χ0v) is 23.1. The Labute approximate surface area is 235 Å². The predicted molar refractivity (Wildman–Crippen MR) is 158 cm³/mol. The van der Waals surface area contributed by atoms with E-state index < -0.39 is 5.97 Å². The third-order valence-electron chi connectivity index (χ3n) is 6.95. The average molecular weight is 535 g/mol. The average Bonchev–Trinajstić information content (AvgIpc) is 3.00. The SMILES string of the molecule is CCN(CC)Cc1ccccc1Cc1ccc(NC(=O)c2cccc(C(=O)c3cccc(C(=O)OC)c3)c2)cc1. The number of rotatable bonds is 11. The molecule has 0 saturated carbocycles. The molecule has 4 aromatic rings. The third-order valence-corrected chi connectivity index (χ3v) is 6.95. The lowest BCUT2D eigenvalue weighted by Gasteiger charge is -2.20. The molecular weight excluding hydrogens is 500 g/mol. The van der Waals surface area contributed by atoms with E-state index in [1.165, 1.54) is 24.3 Å². The molecule has 0 bridgehead atoms. The number of carbonyl (C=O) groups excluding carboxylic acids is 3. The molecule has 0 aliphatic rings. The Bertz CT molecular complexity index is 1490. The molecule has 204 valence electrons. The lowest BCUT2D eigenvalue weighted by molar-refractivity contribution is 0.0600. The number of hydrogen-bond acceptors (Lipinski definition) is 5. The molecule has 0 aromatic heterocycles. The molecule has 0 atom stereocenters. The van der Waals surface area contributed by atoms with Crippen molar-refractivity contribution in [1.29, 1.82) is 0 Å². The number of carbonyl (C=O) groups is 3. The van der Waals surface area contributed by atoms with Gasteiger partial charge in [-0.05, 0) is 72.6 Å². The van der Waals surface area contributed by atoms with E-state index in [1.807, 2.05) is 24.3 Å². The van der Waals surface area contributed by atoms with E-state index >= 15 is 0 Å². The molecule has 1 N–H and O–H groups in total. The molecule has 4 rings (SSSR count). The minimum atomic E-state index is -0.516. The molecule has 0 unspecified atom stereocenters. The maximum absolute atomic E-state index is 13.1. The zero-order valence-electron chi connectivity index (χ0n) is 23.1. The summed E-state index contributed by atoms with van der Waals surface area (Å²) in [5, 5.41) is 2.92. The van der Waals surface area contributed by atoms with E-state index in [0.717, 1.165) is 31.6 Å². The Morgan fingerprint density at radius 3 is 1.90 bits per heavy atom. The van der Waals surface area contributed by atoms with Gasteiger partial charge in [-0.1, -0.05) is 74.5 Å². The van der Waals surface area contributed by atoms with Crippen LogP contribution in [0.5, 0.6) is 0 Å². The molecule has 0 aliphatic heterocycles. The Morgan fingerprint density at radius 2 is 1.27 bits per heavy atom. The number of amides is 1. The molecule has 0 fully saturated rings. The standard InChI is InChI=1S/C34H34N2O4/c1-4-36(5-2)23-30-11-7-6-10-25(30)20-24-16-18-31(19-17-24)35-33(38)28-14-8-12-26(21-28)32(37)27-13-9-15-29(22-27)34(39)40-3/h6-19,21-22H,4-5,20,23H2,1-3H3,(H,35,38). The van der Waals surface area contributed by atoms with Crippen molar-refractivity contribution in [2.75, 3.05) is 25.5 Å². The van der Waals surface area contributed by atoms with E-state index in [-0.39, 0.29) is 17.3 Å². The van der Waals surface area contributed by atoms with Crippen LogP contribution in [0.15, 0.2) is 97.1 Å². The quantitative estimate of drug-likeness (QED) is 0.178. The van der Waals surface area contributed by atoms with Crippen molar-refractivity contribution in [3.63, 3.8) is 0 Å². The van der Waals surface area contributed by atoms with Crippen molar-refractivity contribution in [3.8, 4) is 0 Å². The second-order valence-corrected chi connectivity index (χ2v) is 9.54. The Hall–Kier alpha value is -4.55. The van der Waals surface area contributed by atoms with Crippen LogP contribution in [0.1, 0.15) is 67.2 Å². The van der Waals surface area contributed by atoms with Crippen LogP contribution < -0.4 is 5.32 Å². The van der Waals surface area contributed by atoms with E-state index in [4.69, 9.17) is 4.74 Å². The van der Waals surface area contributed by atoms with Gasteiger partial charge in [0.2, 0.25) is 0 Å². The monoisotopic (exact) mass is 534 g/mol. The summed E-state index contributed by atoms with van der Waals surface area (Å²) in [6, 6.07) is 29.3. The smallest absolute Gasteiger partial charge is 0.337 e. The van der Waals surface area contributed by atoms with Gasteiger partial charge in [-0.2, -0.15) is 0 Å². The highest BCUT2D eigenvalue weighted by molar-refractivity contribution is 6.12. The topological polar surface area (TPSA) is 75.7 Å². The van der Waals surface area contributed by atoms with Gasteiger partial charge in [0.1, 0.15) is 0 Å². The number of esters is 1. The van der Waals surface area contributed by atoms with Crippen LogP contribution in [0.2, 0.25) is 0 Å². The summed E-state index contributed by atoms with van der Waals surface area (Å²) in [6.07, 6.45) is 0.813. The second kappa shape index (κ2) is 13.5. The van der Waals surface area contributed by atoms with Crippen LogP contribution >= 0.6 is 0 Å². The van der Waals surface area contributed by atoms with E-state index in [1.54, 1.807) is 42.5 Å². The van der Waals surface area contributed by atoms with Crippen molar-refractivity contribution in [1.82, 2.24) is 4.90 Å². The molecule has 0 heterocycles. The summed E-state index contributed by atoms with van der Waals surface area (Å²) in [7, 11) is 1.29. The zero-order chi connectivity index (χ0) is 28.5. The lowest BCUT2D eigenvalue weighted by atomic mass is 9.99.